The number of carbonyl (C=O) groups is 2. The second-order valence-electron chi connectivity index (χ2n) is 5.45. The fraction of sp³-hybridized carbons (Fsp3) is 0.846. The Kier molecular flexibility index (Phi) is 4.22. The molecule has 0 radical (unpaired) electrons. The fourth-order valence-electron chi connectivity index (χ4n) is 3.12. The smallest absolute Gasteiger partial charge is 0.242 e. The van der Waals surface area contributed by atoms with Gasteiger partial charge in [0.25, 0.3) is 0 Å². The Balaban J connectivity index is 1.85. The normalized spacial score (nSPS) is 32.4. The maximum Gasteiger partial charge on any atom is 0.242 e. The van der Waals surface area contributed by atoms with E-state index in [9.17, 15) is 9.59 Å². The molecule has 2 aliphatic rings. The summed E-state index contributed by atoms with van der Waals surface area (Å²) < 4.78 is 0. The number of hydrogen-bond acceptors (Lipinski definition) is 3. The summed E-state index contributed by atoms with van der Waals surface area (Å²) in [5.41, 5.74) is 0. The number of hydrogen-bond donors (Lipinski definition) is 3. The van der Waals surface area contributed by atoms with E-state index in [0.717, 1.165) is 6.42 Å². The molecule has 3 N–H and O–H groups in total. The molecule has 0 aromatic heterocycles. The van der Waals surface area contributed by atoms with Gasteiger partial charge in [-0.2, -0.15) is 0 Å². The summed E-state index contributed by atoms with van der Waals surface area (Å²) in [6.45, 7) is 1.71. The molecule has 0 bridgehead atoms. The molecule has 4 unspecified atom stereocenters. The van der Waals surface area contributed by atoms with Gasteiger partial charge < -0.3 is 16.0 Å². The average molecular weight is 253 g/mol. The standard InChI is InChI=1S/C13H23N3O2/c1-8(12(17)14-2)15-13(18)11-7-9-5-3-4-6-10(9)16-11/h8-11,16H,3-7H2,1-2H3,(H,14,17)(H,15,18). The van der Waals surface area contributed by atoms with Gasteiger partial charge in [0.15, 0.2) is 0 Å². The van der Waals surface area contributed by atoms with Crippen molar-refractivity contribution in [2.75, 3.05) is 7.05 Å². The summed E-state index contributed by atoms with van der Waals surface area (Å²) in [5.74, 6) is 0.448. The first-order valence-corrected chi connectivity index (χ1v) is 6.90. The molecule has 1 heterocycles. The van der Waals surface area contributed by atoms with Crippen molar-refractivity contribution in [1.82, 2.24) is 16.0 Å². The molecule has 0 aromatic carbocycles. The van der Waals surface area contributed by atoms with Gasteiger partial charge in [-0.1, -0.05) is 12.8 Å². The minimum absolute atomic E-state index is 0.0412. The monoisotopic (exact) mass is 253 g/mol. The first-order valence-electron chi connectivity index (χ1n) is 6.90. The number of nitrogens with one attached hydrogen (secondary N) is 3. The van der Waals surface area contributed by atoms with Crippen molar-refractivity contribution in [3.05, 3.63) is 0 Å². The Morgan fingerprint density at radius 2 is 2.00 bits per heavy atom. The van der Waals surface area contributed by atoms with Crippen molar-refractivity contribution >= 4 is 11.8 Å². The van der Waals surface area contributed by atoms with E-state index in [4.69, 9.17) is 0 Å². The van der Waals surface area contributed by atoms with Crippen LogP contribution in [0.1, 0.15) is 39.0 Å². The number of carbonyl (C=O) groups excluding carboxylic acids is 2. The van der Waals surface area contributed by atoms with E-state index in [0.29, 0.717) is 12.0 Å². The van der Waals surface area contributed by atoms with Gasteiger partial charge in [0, 0.05) is 13.1 Å². The average Bonchev–Trinajstić information content (AvgIpc) is 2.81. The van der Waals surface area contributed by atoms with Gasteiger partial charge in [-0.25, -0.2) is 0 Å². The van der Waals surface area contributed by atoms with Crippen molar-refractivity contribution in [2.45, 2.75) is 57.2 Å². The molecule has 0 spiro atoms. The lowest BCUT2D eigenvalue weighted by atomic mass is 9.85. The van der Waals surface area contributed by atoms with Crippen LogP contribution in [0.3, 0.4) is 0 Å². The molecule has 1 aliphatic heterocycles. The molecule has 1 aliphatic carbocycles. The first kappa shape index (κ1) is 13.3. The van der Waals surface area contributed by atoms with Gasteiger partial charge >= 0.3 is 0 Å². The maximum atomic E-state index is 12.1. The SMILES string of the molecule is CNC(=O)C(C)NC(=O)C1CC2CCCCC2N1. The predicted octanol–water partition coefficient (Wildman–Crippen LogP) is 0.158. The maximum absolute atomic E-state index is 12.1. The lowest BCUT2D eigenvalue weighted by Crippen LogP contribution is -2.50. The molecule has 4 atom stereocenters. The van der Waals surface area contributed by atoms with E-state index in [1.165, 1.54) is 25.7 Å². The van der Waals surface area contributed by atoms with Gasteiger partial charge in [0.1, 0.15) is 6.04 Å². The summed E-state index contributed by atoms with van der Waals surface area (Å²) >= 11 is 0. The summed E-state index contributed by atoms with van der Waals surface area (Å²) in [6.07, 6.45) is 5.87. The topological polar surface area (TPSA) is 70.2 Å². The Labute approximate surface area is 108 Å². The number of amides is 2. The highest BCUT2D eigenvalue weighted by Crippen LogP contribution is 2.33. The molecule has 0 aromatic rings. The molecule has 5 nitrogen and oxygen atoms in total. The van der Waals surface area contributed by atoms with Crippen LogP contribution in [0.5, 0.6) is 0 Å². The molecule has 2 fully saturated rings. The van der Waals surface area contributed by atoms with Crippen LogP contribution in [-0.2, 0) is 9.59 Å². The molecular weight excluding hydrogens is 230 g/mol. The van der Waals surface area contributed by atoms with Crippen LogP contribution in [0.25, 0.3) is 0 Å². The quantitative estimate of drug-likeness (QED) is 0.671. The van der Waals surface area contributed by atoms with E-state index in [2.05, 4.69) is 16.0 Å². The van der Waals surface area contributed by atoms with Gasteiger partial charge in [-0.3, -0.25) is 9.59 Å². The first-order chi connectivity index (χ1) is 8.61. The highest BCUT2D eigenvalue weighted by atomic mass is 16.2. The minimum atomic E-state index is -0.466. The highest BCUT2D eigenvalue weighted by molar-refractivity contribution is 5.89. The van der Waals surface area contributed by atoms with E-state index >= 15 is 0 Å². The highest BCUT2D eigenvalue weighted by Gasteiger charge is 2.38. The van der Waals surface area contributed by atoms with Crippen LogP contribution >= 0.6 is 0 Å². The summed E-state index contributed by atoms with van der Waals surface area (Å²) in [4.78, 5) is 23.4. The molecule has 5 heteroatoms. The van der Waals surface area contributed by atoms with Crippen LogP contribution in [0, 0.1) is 5.92 Å². The molecule has 18 heavy (non-hydrogen) atoms. The van der Waals surface area contributed by atoms with Gasteiger partial charge in [-0.05, 0) is 32.1 Å². The predicted molar refractivity (Wildman–Crippen MR) is 69.0 cm³/mol. The van der Waals surface area contributed by atoms with Crippen molar-refractivity contribution in [3.8, 4) is 0 Å². The van der Waals surface area contributed by atoms with Crippen molar-refractivity contribution < 1.29 is 9.59 Å². The number of rotatable bonds is 3. The lowest BCUT2D eigenvalue weighted by molar-refractivity contribution is -0.129. The zero-order valence-electron chi connectivity index (χ0n) is 11.2. The summed E-state index contributed by atoms with van der Waals surface area (Å²) in [5, 5.41) is 8.72. The van der Waals surface area contributed by atoms with Crippen LogP contribution < -0.4 is 16.0 Å². The Hall–Kier alpha value is -1.10. The molecular formula is C13H23N3O2. The van der Waals surface area contributed by atoms with Gasteiger partial charge in [-0.15, -0.1) is 0 Å². The van der Waals surface area contributed by atoms with Crippen LogP contribution in [0.2, 0.25) is 0 Å². The third-order valence-corrected chi connectivity index (χ3v) is 4.18. The zero-order chi connectivity index (χ0) is 13.1. The third-order valence-electron chi connectivity index (χ3n) is 4.18. The molecule has 2 rings (SSSR count). The second-order valence-corrected chi connectivity index (χ2v) is 5.45. The summed E-state index contributed by atoms with van der Waals surface area (Å²) in [7, 11) is 1.58. The molecule has 1 saturated carbocycles. The Bertz CT molecular complexity index is 318. The van der Waals surface area contributed by atoms with Gasteiger partial charge in [0.05, 0.1) is 6.04 Å². The summed E-state index contributed by atoms with van der Waals surface area (Å²) in [6, 6.07) is -0.0815. The van der Waals surface area contributed by atoms with Crippen LogP contribution in [0.4, 0.5) is 0 Å². The van der Waals surface area contributed by atoms with E-state index in [1.807, 2.05) is 0 Å². The largest absolute Gasteiger partial charge is 0.357 e. The minimum Gasteiger partial charge on any atom is -0.357 e. The van der Waals surface area contributed by atoms with Gasteiger partial charge in [0.2, 0.25) is 11.8 Å². The van der Waals surface area contributed by atoms with Crippen molar-refractivity contribution in [3.63, 3.8) is 0 Å². The zero-order valence-corrected chi connectivity index (χ0v) is 11.2. The molecule has 2 amide bonds. The Morgan fingerprint density at radius 1 is 1.28 bits per heavy atom. The fourth-order valence-corrected chi connectivity index (χ4v) is 3.12. The number of fused-ring (bicyclic) bond motifs is 1. The molecule has 102 valence electrons. The van der Waals surface area contributed by atoms with E-state index in [1.54, 1.807) is 14.0 Å². The van der Waals surface area contributed by atoms with Crippen molar-refractivity contribution in [2.24, 2.45) is 5.92 Å². The van der Waals surface area contributed by atoms with E-state index in [-0.39, 0.29) is 17.9 Å². The van der Waals surface area contributed by atoms with Crippen LogP contribution in [0.15, 0.2) is 0 Å². The number of likely N-dealkylation sites (N-methyl/N-ethyl adjacent to an activating group) is 1. The second kappa shape index (κ2) is 5.69. The van der Waals surface area contributed by atoms with Crippen molar-refractivity contribution in [1.29, 1.82) is 0 Å². The van der Waals surface area contributed by atoms with Crippen LogP contribution in [-0.4, -0.2) is 37.0 Å². The van der Waals surface area contributed by atoms with E-state index < -0.39 is 6.04 Å². The Morgan fingerprint density at radius 3 is 2.67 bits per heavy atom. The third kappa shape index (κ3) is 2.83. The molecule has 1 saturated heterocycles. The lowest BCUT2D eigenvalue weighted by Gasteiger charge is -2.24.